The molecule has 2 aromatic rings. The van der Waals surface area contributed by atoms with Crippen LogP contribution in [0.4, 0.5) is 10.1 Å². The van der Waals surface area contributed by atoms with E-state index in [1.165, 1.54) is 30.3 Å². The monoisotopic (exact) mass is 290 g/mol. The Hall–Kier alpha value is -2.47. The summed E-state index contributed by atoms with van der Waals surface area (Å²) in [6.07, 6.45) is 0. The predicted octanol–water partition coefficient (Wildman–Crippen LogP) is 3.85. The van der Waals surface area contributed by atoms with Crippen LogP contribution in [0, 0.1) is 22.9 Å². The number of nitro benzene ring substituents is 1. The number of hydrogen-bond donors (Lipinski definition) is 1. The van der Waals surface area contributed by atoms with Gasteiger partial charge in [0.2, 0.25) is 0 Å². The fourth-order valence-corrected chi connectivity index (χ4v) is 2.03. The first kappa shape index (κ1) is 14.9. The van der Waals surface area contributed by atoms with E-state index in [4.69, 9.17) is 10.5 Å². The zero-order valence-corrected chi connectivity index (χ0v) is 11.7. The molecule has 0 fully saturated rings. The lowest BCUT2D eigenvalue weighted by Crippen LogP contribution is -2.09. The van der Waals surface area contributed by atoms with Crippen molar-refractivity contribution < 1.29 is 14.1 Å². The van der Waals surface area contributed by atoms with Crippen LogP contribution >= 0.6 is 0 Å². The van der Waals surface area contributed by atoms with Crippen LogP contribution in [0.5, 0.6) is 11.5 Å². The normalized spacial score (nSPS) is 12.0. The average Bonchev–Trinajstić information content (AvgIpc) is 2.40. The van der Waals surface area contributed by atoms with Gasteiger partial charge in [-0.2, -0.15) is 0 Å². The van der Waals surface area contributed by atoms with E-state index >= 15 is 0 Å². The van der Waals surface area contributed by atoms with Gasteiger partial charge in [0.05, 0.1) is 4.92 Å². The van der Waals surface area contributed by atoms with Crippen molar-refractivity contribution in [1.29, 1.82) is 0 Å². The van der Waals surface area contributed by atoms with Crippen LogP contribution in [-0.4, -0.2) is 4.92 Å². The van der Waals surface area contributed by atoms with Gasteiger partial charge in [0.15, 0.2) is 0 Å². The number of halogens is 1. The van der Waals surface area contributed by atoms with E-state index in [9.17, 15) is 14.5 Å². The van der Waals surface area contributed by atoms with E-state index in [-0.39, 0.29) is 11.3 Å². The second-order valence-corrected chi connectivity index (χ2v) is 4.75. The Kier molecular flexibility index (Phi) is 4.18. The van der Waals surface area contributed by atoms with Gasteiger partial charge in [-0.1, -0.05) is 6.07 Å². The van der Waals surface area contributed by atoms with E-state index < -0.39 is 16.8 Å². The van der Waals surface area contributed by atoms with Gasteiger partial charge in [0.25, 0.3) is 5.69 Å². The van der Waals surface area contributed by atoms with Crippen LogP contribution in [0.1, 0.15) is 24.1 Å². The highest BCUT2D eigenvalue weighted by Crippen LogP contribution is 2.33. The first-order valence-electron chi connectivity index (χ1n) is 6.37. The molecule has 21 heavy (non-hydrogen) atoms. The zero-order chi connectivity index (χ0) is 15.6. The molecular formula is C15H15FN2O3. The van der Waals surface area contributed by atoms with Crippen molar-refractivity contribution in [3.05, 3.63) is 63.5 Å². The van der Waals surface area contributed by atoms with Crippen molar-refractivity contribution in [3.8, 4) is 11.5 Å². The number of rotatable bonds is 4. The molecule has 0 heterocycles. The topological polar surface area (TPSA) is 78.4 Å². The maximum Gasteiger partial charge on any atom is 0.269 e. The number of nitro groups is 1. The summed E-state index contributed by atoms with van der Waals surface area (Å²) in [5, 5.41) is 10.7. The van der Waals surface area contributed by atoms with Gasteiger partial charge in [-0.25, -0.2) is 4.39 Å². The van der Waals surface area contributed by atoms with Crippen LogP contribution in [0.25, 0.3) is 0 Å². The quantitative estimate of drug-likeness (QED) is 0.685. The summed E-state index contributed by atoms with van der Waals surface area (Å²) in [6, 6.07) is 8.16. The Bertz CT molecular complexity index is 687. The highest BCUT2D eigenvalue weighted by Gasteiger charge is 2.16. The van der Waals surface area contributed by atoms with E-state index in [0.29, 0.717) is 17.1 Å². The lowest BCUT2D eigenvalue weighted by Gasteiger charge is -2.15. The van der Waals surface area contributed by atoms with Crippen molar-refractivity contribution >= 4 is 5.69 Å². The van der Waals surface area contributed by atoms with Crippen molar-refractivity contribution in [3.63, 3.8) is 0 Å². The molecule has 1 atom stereocenters. The van der Waals surface area contributed by atoms with Crippen LogP contribution in [0.3, 0.4) is 0 Å². The number of nitrogens with zero attached hydrogens (tertiary/aromatic N) is 1. The Morgan fingerprint density at radius 1 is 1.29 bits per heavy atom. The molecule has 2 N–H and O–H groups in total. The van der Waals surface area contributed by atoms with E-state index in [1.807, 2.05) is 0 Å². The van der Waals surface area contributed by atoms with Crippen LogP contribution < -0.4 is 10.5 Å². The summed E-state index contributed by atoms with van der Waals surface area (Å²) in [6.45, 7) is 3.35. The van der Waals surface area contributed by atoms with Crippen molar-refractivity contribution in [2.75, 3.05) is 0 Å². The molecule has 0 spiro atoms. The maximum absolute atomic E-state index is 13.8. The number of nitrogens with two attached hydrogens (primary N) is 1. The fraction of sp³-hybridized carbons (Fsp3) is 0.200. The van der Waals surface area contributed by atoms with Crippen molar-refractivity contribution in [2.24, 2.45) is 5.73 Å². The average molecular weight is 290 g/mol. The molecule has 0 aliphatic rings. The summed E-state index contributed by atoms with van der Waals surface area (Å²) in [7, 11) is 0. The van der Waals surface area contributed by atoms with Gasteiger partial charge < -0.3 is 10.5 Å². The molecule has 0 aliphatic carbocycles. The highest BCUT2D eigenvalue weighted by molar-refractivity contribution is 5.47. The molecule has 0 bridgehead atoms. The van der Waals surface area contributed by atoms with Gasteiger partial charge in [-0.3, -0.25) is 10.1 Å². The summed E-state index contributed by atoms with van der Waals surface area (Å²) < 4.78 is 19.5. The van der Waals surface area contributed by atoms with Gasteiger partial charge in [0, 0.05) is 23.7 Å². The third kappa shape index (κ3) is 3.17. The molecule has 1 unspecified atom stereocenters. The molecule has 0 aliphatic heterocycles. The molecule has 0 aromatic heterocycles. The highest BCUT2D eigenvalue weighted by atomic mass is 19.1. The Morgan fingerprint density at radius 2 is 2.00 bits per heavy atom. The molecule has 0 saturated carbocycles. The number of benzene rings is 2. The smallest absolute Gasteiger partial charge is 0.269 e. The van der Waals surface area contributed by atoms with Crippen LogP contribution in [0.2, 0.25) is 0 Å². The number of ether oxygens (including phenoxy) is 1. The maximum atomic E-state index is 13.8. The minimum absolute atomic E-state index is 0.0218. The number of non-ortho nitro benzene ring substituents is 1. The first-order chi connectivity index (χ1) is 9.90. The van der Waals surface area contributed by atoms with Crippen molar-refractivity contribution in [1.82, 2.24) is 0 Å². The summed E-state index contributed by atoms with van der Waals surface area (Å²) >= 11 is 0. The van der Waals surface area contributed by atoms with Gasteiger partial charge in [-0.05, 0) is 37.6 Å². The van der Waals surface area contributed by atoms with Gasteiger partial charge >= 0.3 is 0 Å². The summed E-state index contributed by atoms with van der Waals surface area (Å²) in [5.41, 5.74) is 6.60. The van der Waals surface area contributed by atoms with Gasteiger partial charge in [0.1, 0.15) is 17.3 Å². The Balaban J connectivity index is 2.39. The molecule has 5 nitrogen and oxygen atoms in total. The summed E-state index contributed by atoms with van der Waals surface area (Å²) in [4.78, 5) is 10.2. The summed E-state index contributed by atoms with van der Waals surface area (Å²) in [5.74, 6) is 0.289. The largest absolute Gasteiger partial charge is 0.457 e. The van der Waals surface area contributed by atoms with Crippen LogP contribution in [-0.2, 0) is 0 Å². The van der Waals surface area contributed by atoms with Gasteiger partial charge in [-0.15, -0.1) is 0 Å². The minimum Gasteiger partial charge on any atom is -0.457 e. The first-order valence-corrected chi connectivity index (χ1v) is 6.37. The lowest BCUT2D eigenvalue weighted by atomic mass is 10.1. The Labute approximate surface area is 121 Å². The fourth-order valence-electron chi connectivity index (χ4n) is 2.03. The number of aryl methyl sites for hydroxylation is 1. The molecular weight excluding hydrogens is 275 g/mol. The molecule has 0 amide bonds. The molecule has 0 radical (unpaired) electrons. The standard InChI is InChI=1S/C15H15FN2O3/c1-9-8-11(18(19)20)6-7-13(9)21-14-5-3-4-12(16)15(14)10(2)17/h3-8,10H,17H2,1-2H3. The minimum atomic E-state index is -0.528. The van der Waals surface area contributed by atoms with E-state index in [0.717, 1.165) is 0 Å². The van der Waals surface area contributed by atoms with Crippen molar-refractivity contribution in [2.45, 2.75) is 19.9 Å². The lowest BCUT2D eigenvalue weighted by molar-refractivity contribution is -0.384. The molecule has 2 aromatic carbocycles. The predicted molar refractivity (Wildman–Crippen MR) is 76.9 cm³/mol. The van der Waals surface area contributed by atoms with E-state index in [2.05, 4.69) is 0 Å². The SMILES string of the molecule is Cc1cc([N+](=O)[O-])ccc1Oc1cccc(F)c1C(C)N. The number of hydrogen-bond acceptors (Lipinski definition) is 4. The third-order valence-corrected chi connectivity index (χ3v) is 3.06. The molecule has 0 saturated heterocycles. The molecule has 110 valence electrons. The second-order valence-electron chi connectivity index (χ2n) is 4.75. The zero-order valence-electron chi connectivity index (χ0n) is 11.7. The molecule has 6 heteroatoms. The Morgan fingerprint density at radius 3 is 2.57 bits per heavy atom. The van der Waals surface area contributed by atoms with Crippen LogP contribution in [0.15, 0.2) is 36.4 Å². The third-order valence-electron chi connectivity index (χ3n) is 3.06. The molecule has 2 rings (SSSR count). The second kappa shape index (κ2) is 5.88. The van der Waals surface area contributed by atoms with E-state index in [1.54, 1.807) is 19.9 Å².